The molecule has 0 spiro atoms. The lowest BCUT2D eigenvalue weighted by Gasteiger charge is -2.38. The van der Waals surface area contributed by atoms with Gasteiger partial charge in [-0.1, -0.05) is 52.7 Å². The number of piperazine rings is 1. The fourth-order valence-corrected chi connectivity index (χ4v) is 6.52. The van der Waals surface area contributed by atoms with E-state index in [9.17, 15) is 40.3 Å². The lowest BCUT2D eigenvalue weighted by atomic mass is 10.0. The van der Waals surface area contributed by atoms with Crippen LogP contribution >= 0.6 is 15.9 Å². The standard InChI is InChI=1S/C20H16BrF3N4O5S.C10H12F2N/c21-12-1-6-15-16(9-12)25-10-18(26-15)27-7-8-28(17(11-27)19(29)30)34(31,32)14-4-2-13(3-5-14)33-20(22,23)24;1-2-10(11,12)9-5-3-8(7-13)4-6-9/h1-6,9-10,17H,7-8,11H2,(H,29,30);3-6,13H,2,7H2,1H3/q;-1/t17-;/m1./s1. The van der Waals surface area contributed by atoms with Crippen LogP contribution in [0.4, 0.5) is 27.8 Å². The lowest BCUT2D eigenvalue weighted by Crippen LogP contribution is -2.58. The summed E-state index contributed by atoms with van der Waals surface area (Å²) in [5.74, 6) is -4.30. The van der Waals surface area contributed by atoms with Gasteiger partial charge in [-0.2, -0.15) is 4.31 Å². The minimum atomic E-state index is -4.92. The Kier molecular flexibility index (Phi) is 11.0. The smallest absolute Gasteiger partial charge is 0.573 e. The van der Waals surface area contributed by atoms with Crippen molar-refractivity contribution >= 4 is 48.8 Å². The van der Waals surface area contributed by atoms with Crippen LogP contribution in [0.5, 0.6) is 5.75 Å². The largest absolute Gasteiger partial charge is 0.674 e. The van der Waals surface area contributed by atoms with Crippen molar-refractivity contribution in [1.29, 1.82) is 0 Å². The van der Waals surface area contributed by atoms with Gasteiger partial charge in [0.15, 0.2) is 0 Å². The molecule has 0 aliphatic carbocycles. The molecular weight excluding hydrogens is 717 g/mol. The molecule has 2 N–H and O–H groups in total. The molecule has 10 nitrogen and oxygen atoms in total. The van der Waals surface area contributed by atoms with Crippen molar-refractivity contribution in [3.63, 3.8) is 0 Å². The highest BCUT2D eigenvalue weighted by atomic mass is 79.9. The molecule has 1 aromatic heterocycles. The number of aliphatic carboxylic acids is 1. The highest BCUT2D eigenvalue weighted by Gasteiger charge is 2.41. The molecule has 2 heterocycles. The molecule has 17 heteroatoms. The molecule has 0 bridgehead atoms. The second kappa shape index (κ2) is 14.5. The van der Waals surface area contributed by atoms with E-state index in [2.05, 4.69) is 30.6 Å². The van der Waals surface area contributed by atoms with Crippen molar-refractivity contribution in [3.05, 3.63) is 94.3 Å². The number of rotatable bonds is 8. The van der Waals surface area contributed by atoms with Crippen molar-refractivity contribution in [2.75, 3.05) is 24.5 Å². The number of carboxylic acid groups (broad SMARTS) is 1. The molecule has 0 unspecified atom stereocenters. The number of aromatic nitrogens is 2. The second-order valence-corrected chi connectivity index (χ2v) is 13.0. The summed E-state index contributed by atoms with van der Waals surface area (Å²) < 4.78 is 94.8. The number of anilines is 1. The predicted octanol–water partition coefficient (Wildman–Crippen LogP) is 7.00. The number of fused-ring (bicyclic) bond motifs is 1. The number of halogens is 6. The predicted molar refractivity (Wildman–Crippen MR) is 167 cm³/mol. The van der Waals surface area contributed by atoms with Crippen LogP contribution in [0.25, 0.3) is 16.8 Å². The number of hydrogen-bond acceptors (Lipinski definition) is 7. The van der Waals surface area contributed by atoms with Gasteiger partial charge in [0.05, 0.1) is 22.1 Å². The van der Waals surface area contributed by atoms with Crippen molar-refractivity contribution in [2.45, 2.75) is 43.1 Å². The van der Waals surface area contributed by atoms with E-state index in [0.717, 1.165) is 38.6 Å². The van der Waals surface area contributed by atoms with Gasteiger partial charge in [-0.3, -0.25) is 9.78 Å². The Bertz CT molecular complexity index is 1810. The van der Waals surface area contributed by atoms with Gasteiger partial charge in [0.25, 0.3) is 5.92 Å². The van der Waals surface area contributed by atoms with Crippen molar-refractivity contribution in [2.24, 2.45) is 0 Å². The average Bonchev–Trinajstić information content (AvgIpc) is 3.04. The lowest BCUT2D eigenvalue weighted by molar-refractivity contribution is -0.274. The van der Waals surface area contributed by atoms with E-state index in [-0.39, 0.29) is 43.1 Å². The number of carboxylic acids is 1. The zero-order valence-corrected chi connectivity index (χ0v) is 27.0. The number of nitrogens with one attached hydrogen (secondary N) is 1. The van der Waals surface area contributed by atoms with Gasteiger partial charge >= 0.3 is 12.3 Å². The Hall–Kier alpha value is -3.93. The third kappa shape index (κ3) is 8.91. The molecule has 1 saturated heterocycles. The van der Waals surface area contributed by atoms with Gasteiger partial charge in [-0.05, 0) is 42.5 Å². The summed E-state index contributed by atoms with van der Waals surface area (Å²) in [6.07, 6.45) is -3.63. The molecule has 252 valence electrons. The van der Waals surface area contributed by atoms with Crippen molar-refractivity contribution in [3.8, 4) is 5.75 Å². The summed E-state index contributed by atoms with van der Waals surface area (Å²) in [6.45, 7) is 1.35. The van der Waals surface area contributed by atoms with Gasteiger partial charge < -0.3 is 20.5 Å². The van der Waals surface area contributed by atoms with E-state index < -0.39 is 40.1 Å². The Morgan fingerprint density at radius 3 is 2.26 bits per heavy atom. The SMILES string of the molecule is CCC(F)(F)c1ccc(C[NH-])cc1.O=C(O)[C@H]1CN(c2cnc3cc(Br)ccc3n2)CCN1S(=O)(=O)c1ccc(OC(F)(F)F)cc1. The first-order valence-electron chi connectivity index (χ1n) is 13.9. The first-order chi connectivity index (χ1) is 22.0. The molecule has 3 aromatic carbocycles. The van der Waals surface area contributed by atoms with Crippen LogP contribution in [0.2, 0.25) is 0 Å². The summed E-state index contributed by atoms with van der Waals surface area (Å²) in [5, 5.41) is 9.74. The summed E-state index contributed by atoms with van der Waals surface area (Å²) in [7, 11) is -4.31. The maximum Gasteiger partial charge on any atom is 0.573 e. The molecule has 0 saturated carbocycles. The molecule has 47 heavy (non-hydrogen) atoms. The van der Waals surface area contributed by atoms with Gasteiger partial charge in [0.1, 0.15) is 17.6 Å². The average molecular weight is 746 g/mol. The number of hydrogen-bond donors (Lipinski definition) is 1. The molecule has 1 aliphatic heterocycles. The number of ether oxygens (including phenoxy) is 1. The third-order valence-electron chi connectivity index (χ3n) is 7.12. The van der Waals surface area contributed by atoms with E-state index in [1.165, 1.54) is 25.3 Å². The Morgan fingerprint density at radius 2 is 1.68 bits per heavy atom. The molecule has 4 aromatic rings. The minimum Gasteiger partial charge on any atom is -0.674 e. The van der Waals surface area contributed by atoms with Gasteiger partial charge in [-0.25, -0.2) is 22.2 Å². The summed E-state index contributed by atoms with van der Waals surface area (Å²) in [4.78, 5) is 22.1. The Balaban J connectivity index is 0.000000323. The van der Waals surface area contributed by atoms with Crippen LogP contribution in [-0.4, -0.2) is 65.8 Å². The molecule has 1 fully saturated rings. The van der Waals surface area contributed by atoms with E-state index in [0.29, 0.717) is 16.9 Å². The zero-order chi connectivity index (χ0) is 34.6. The van der Waals surface area contributed by atoms with Gasteiger partial charge in [0, 0.05) is 36.1 Å². The van der Waals surface area contributed by atoms with Crippen LogP contribution in [0.3, 0.4) is 0 Å². The maximum absolute atomic E-state index is 13.1. The number of sulfonamides is 1. The molecule has 1 aliphatic rings. The zero-order valence-electron chi connectivity index (χ0n) is 24.6. The van der Waals surface area contributed by atoms with Crippen LogP contribution in [0.1, 0.15) is 24.5 Å². The van der Waals surface area contributed by atoms with Gasteiger partial charge in [-0.15, -0.1) is 19.7 Å². The molecular formula is C30H28BrF5N5O5S-. The number of benzene rings is 3. The molecule has 0 amide bonds. The van der Waals surface area contributed by atoms with Crippen LogP contribution in [-0.2, 0) is 27.3 Å². The summed E-state index contributed by atoms with van der Waals surface area (Å²) in [5.41, 5.74) is 9.04. The first kappa shape index (κ1) is 35.9. The Morgan fingerprint density at radius 1 is 1.02 bits per heavy atom. The summed E-state index contributed by atoms with van der Waals surface area (Å²) in [6, 6.07) is 13.4. The van der Waals surface area contributed by atoms with Crippen molar-refractivity contribution < 1.29 is 45.0 Å². The fourth-order valence-electron chi connectivity index (χ4n) is 4.61. The normalized spacial score (nSPS) is 16.0. The number of alkyl halides is 5. The van der Waals surface area contributed by atoms with E-state index >= 15 is 0 Å². The highest BCUT2D eigenvalue weighted by Crippen LogP contribution is 2.31. The molecule has 5 rings (SSSR count). The minimum absolute atomic E-state index is 0.0344. The van der Waals surface area contributed by atoms with Crippen LogP contribution in [0, 0.1) is 0 Å². The second-order valence-electron chi connectivity index (χ2n) is 10.2. The van der Waals surface area contributed by atoms with E-state index in [1.807, 2.05) is 0 Å². The van der Waals surface area contributed by atoms with E-state index in [1.54, 1.807) is 35.2 Å². The van der Waals surface area contributed by atoms with Crippen LogP contribution in [0.15, 0.2) is 82.3 Å². The molecule has 1 atom stereocenters. The van der Waals surface area contributed by atoms with Gasteiger partial charge in [0.2, 0.25) is 10.0 Å². The first-order valence-corrected chi connectivity index (χ1v) is 16.2. The third-order valence-corrected chi connectivity index (χ3v) is 9.54. The summed E-state index contributed by atoms with van der Waals surface area (Å²) >= 11 is 3.35. The van der Waals surface area contributed by atoms with E-state index in [4.69, 9.17) is 5.73 Å². The maximum atomic E-state index is 13.1. The monoisotopic (exact) mass is 744 g/mol. The topological polar surface area (TPSA) is 137 Å². The van der Waals surface area contributed by atoms with Crippen LogP contribution < -0.4 is 9.64 Å². The number of nitrogens with zero attached hydrogens (tertiary/aromatic N) is 4. The molecule has 0 radical (unpaired) electrons. The number of carbonyl (C=O) groups is 1. The quantitative estimate of drug-likeness (QED) is 0.191. The Labute approximate surface area is 275 Å². The van der Waals surface area contributed by atoms with Crippen molar-refractivity contribution in [1.82, 2.24) is 14.3 Å². The highest BCUT2D eigenvalue weighted by molar-refractivity contribution is 9.10. The fraction of sp³-hybridized carbons (Fsp3) is 0.300.